The third-order valence-electron chi connectivity index (χ3n) is 4.86. The molecule has 2 saturated heterocycles. The van der Waals surface area contributed by atoms with Crippen molar-refractivity contribution < 1.29 is 4.79 Å². The summed E-state index contributed by atoms with van der Waals surface area (Å²) in [7, 11) is 2.13. The highest BCUT2D eigenvalue weighted by Crippen LogP contribution is 2.24. The van der Waals surface area contributed by atoms with Gasteiger partial charge in [0.2, 0.25) is 5.91 Å². The minimum Gasteiger partial charge on any atom is -0.356 e. The van der Waals surface area contributed by atoms with E-state index in [1.165, 1.54) is 0 Å². The van der Waals surface area contributed by atoms with Gasteiger partial charge in [-0.25, -0.2) is 4.98 Å². The van der Waals surface area contributed by atoms with Gasteiger partial charge in [0, 0.05) is 45.0 Å². The summed E-state index contributed by atoms with van der Waals surface area (Å²) in [4.78, 5) is 24.0. The van der Waals surface area contributed by atoms with E-state index in [0.29, 0.717) is 11.9 Å². The number of carbonyl (C=O) groups is 1. The first kappa shape index (κ1) is 15.3. The Morgan fingerprint density at radius 1 is 1.23 bits per heavy atom. The summed E-state index contributed by atoms with van der Waals surface area (Å²) in [6.45, 7) is 6.77. The molecule has 120 valence electrons. The van der Waals surface area contributed by atoms with Crippen LogP contribution in [0.4, 0.5) is 5.82 Å². The number of aromatic nitrogens is 1. The highest BCUT2D eigenvalue weighted by molar-refractivity contribution is 5.80. The minimum atomic E-state index is 0.113. The predicted octanol–water partition coefficient (Wildman–Crippen LogP) is 1.46. The molecule has 2 unspecified atom stereocenters. The van der Waals surface area contributed by atoms with Crippen LogP contribution in [0.5, 0.6) is 0 Å². The largest absolute Gasteiger partial charge is 0.356 e. The van der Waals surface area contributed by atoms with Gasteiger partial charge in [-0.15, -0.1) is 0 Å². The smallest absolute Gasteiger partial charge is 0.227 e. The molecule has 3 rings (SSSR count). The van der Waals surface area contributed by atoms with Crippen LogP contribution in [0, 0.1) is 5.92 Å². The van der Waals surface area contributed by atoms with Crippen LogP contribution in [0.15, 0.2) is 24.4 Å². The second-order valence-corrected chi connectivity index (χ2v) is 6.62. The van der Waals surface area contributed by atoms with Crippen molar-refractivity contribution in [3.05, 3.63) is 24.4 Å². The summed E-state index contributed by atoms with van der Waals surface area (Å²) < 4.78 is 0. The average Bonchev–Trinajstić information content (AvgIpc) is 2.55. The van der Waals surface area contributed by atoms with Gasteiger partial charge in [0.15, 0.2) is 0 Å². The van der Waals surface area contributed by atoms with E-state index in [4.69, 9.17) is 0 Å². The SMILES string of the molecule is CC1CN(C)CCN1C(=O)C1CCCN(c2ccccn2)C1. The second kappa shape index (κ2) is 6.65. The third kappa shape index (κ3) is 3.24. The van der Waals surface area contributed by atoms with Crippen LogP contribution in [-0.4, -0.2) is 66.5 Å². The Morgan fingerprint density at radius 3 is 2.82 bits per heavy atom. The predicted molar refractivity (Wildman–Crippen MR) is 87.8 cm³/mol. The van der Waals surface area contributed by atoms with Gasteiger partial charge in [-0.1, -0.05) is 6.07 Å². The lowest BCUT2D eigenvalue weighted by Crippen LogP contribution is -2.56. The van der Waals surface area contributed by atoms with Crippen LogP contribution in [0.3, 0.4) is 0 Å². The van der Waals surface area contributed by atoms with E-state index in [0.717, 1.165) is 51.4 Å². The lowest BCUT2D eigenvalue weighted by molar-refractivity contribution is -0.140. The topological polar surface area (TPSA) is 39.7 Å². The Bertz CT molecular complexity index is 507. The molecule has 0 bridgehead atoms. The highest BCUT2D eigenvalue weighted by Gasteiger charge is 2.33. The van der Waals surface area contributed by atoms with Gasteiger partial charge in [-0.3, -0.25) is 4.79 Å². The van der Waals surface area contributed by atoms with Crippen molar-refractivity contribution in [2.45, 2.75) is 25.8 Å². The average molecular weight is 302 g/mol. The fourth-order valence-electron chi connectivity index (χ4n) is 3.63. The van der Waals surface area contributed by atoms with Crippen LogP contribution >= 0.6 is 0 Å². The molecule has 2 atom stereocenters. The summed E-state index contributed by atoms with van der Waals surface area (Å²) in [5.74, 6) is 1.44. The Labute approximate surface area is 132 Å². The molecule has 2 aliphatic rings. The fraction of sp³-hybridized carbons (Fsp3) is 0.647. The highest BCUT2D eigenvalue weighted by atomic mass is 16.2. The standard InChI is InChI=1S/C17H26N4O/c1-14-12-19(2)10-11-21(14)17(22)15-6-5-9-20(13-15)16-7-3-4-8-18-16/h3-4,7-8,14-15H,5-6,9-13H2,1-2H3. The number of hydrogen-bond acceptors (Lipinski definition) is 4. The molecular weight excluding hydrogens is 276 g/mol. The van der Waals surface area contributed by atoms with Crippen LogP contribution < -0.4 is 4.90 Å². The molecule has 0 N–H and O–H groups in total. The molecule has 5 heteroatoms. The number of piperazine rings is 1. The number of nitrogens with zero attached hydrogens (tertiary/aromatic N) is 4. The molecule has 2 fully saturated rings. The van der Waals surface area contributed by atoms with Crippen molar-refractivity contribution in [1.29, 1.82) is 0 Å². The van der Waals surface area contributed by atoms with Gasteiger partial charge in [-0.2, -0.15) is 0 Å². The maximum Gasteiger partial charge on any atom is 0.227 e. The lowest BCUT2D eigenvalue weighted by Gasteiger charge is -2.42. The number of piperidine rings is 1. The van der Waals surface area contributed by atoms with Crippen LogP contribution in [0.1, 0.15) is 19.8 Å². The Kier molecular flexibility index (Phi) is 4.62. The molecular formula is C17H26N4O. The number of pyridine rings is 1. The molecule has 3 heterocycles. The first-order chi connectivity index (χ1) is 10.6. The van der Waals surface area contributed by atoms with E-state index in [9.17, 15) is 4.79 Å². The molecule has 1 amide bonds. The molecule has 0 spiro atoms. The van der Waals surface area contributed by atoms with Gasteiger partial charge >= 0.3 is 0 Å². The number of anilines is 1. The number of likely N-dealkylation sites (N-methyl/N-ethyl adjacent to an activating group) is 1. The number of carbonyl (C=O) groups excluding carboxylic acids is 1. The fourth-order valence-corrected chi connectivity index (χ4v) is 3.63. The van der Waals surface area contributed by atoms with Crippen molar-refractivity contribution in [3.63, 3.8) is 0 Å². The zero-order valence-electron chi connectivity index (χ0n) is 13.6. The summed E-state index contributed by atoms with van der Waals surface area (Å²) in [5, 5.41) is 0. The van der Waals surface area contributed by atoms with Gasteiger partial charge in [-0.05, 0) is 38.9 Å². The second-order valence-electron chi connectivity index (χ2n) is 6.62. The monoisotopic (exact) mass is 302 g/mol. The van der Waals surface area contributed by atoms with Gasteiger partial charge < -0.3 is 14.7 Å². The van der Waals surface area contributed by atoms with Gasteiger partial charge in [0.1, 0.15) is 5.82 Å². The van der Waals surface area contributed by atoms with E-state index >= 15 is 0 Å². The lowest BCUT2D eigenvalue weighted by atomic mass is 9.95. The van der Waals surface area contributed by atoms with Crippen molar-refractivity contribution in [3.8, 4) is 0 Å². The molecule has 2 aliphatic heterocycles. The minimum absolute atomic E-state index is 0.113. The quantitative estimate of drug-likeness (QED) is 0.829. The third-order valence-corrected chi connectivity index (χ3v) is 4.86. The number of rotatable bonds is 2. The summed E-state index contributed by atoms with van der Waals surface area (Å²) in [6.07, 6.45) is 3.89. The summed E-state index contributed by atoms with van der Waals surface area (Å²) in [6, 6.07) is 6.29. The van der Waals surface area contributed by atoms with Gasteiger partial charge in [0.25, 0.3) is 0 Å². The molecule has 22 heavy (non-hydrogen) atoms. The molecule has 1 aromatic rings. The van der Waals surface area contributed by atoms with E-state index in [1.807, 2.05) is 24.4 Å². The van der Waals surface area contributed by atoms with E-state index < -0.39 is 0 Å². The molecule has 0 saturated carbocycles. The number of amides is 1. The van der Waals surface area contributed by atoms with Crippen molar-refractivity contribution in [2.24, 2.45) is 5.92 Å². The van der Waals surface area contributed by atoms with Crippen LogP contribution in [-0.2, 0) is 4.79 Å². The normalized spacial score (nSPS) is 27.0. The van der Waals surface area contributed by atoms with Gasteiger partial charge in [0.05, 0.1) is 5.92 Å². The first-order valence-corrected chi connectivity index (χ1v) is 8.30. The maximum atomic E-state index is 12.9. The van der Waals surface area contributed by atoms with E-state index in [2.05, 4.69) is 33.7 Å². The zero-order valence-corrected chi connectivity index (χ0v) is 13.6. The molecule has 0 radical (unpaired) electrons. The number of hydrogen-bond donors (Lipinski definition) is 0. The summed E-state index contributed by atoms with van der Waals surface area (Å²) >= 11 is 0. The van der Waals surface area contributed by atoms with Crippen LogP contribution in [0.2, 0.25) is 0 Å². The Morgan fingerprint density at radius 2 is 2.09 bits per heavy atom. The summed E-state index contributed by atoms with van der Waals surface area (Å²) in [5.41, 5.74) is 0. The Balaban J connectivity index is 1.65. The van der Waals surface area contributed by atoms with E-state index in [1.54, 1.807) is 0 Å². The maximum absolute atomic E-state index is 12.9. The zero-order chi connectivity index (χ0) is 15.5. The van der Waals surface area contributed by atoms with E-state index in [-0.39, 0.29) is 5.92 Å². The van der Waals surface area contributed by atoms with Crippen molar-refractivity contribution in [1.82, 2.24) is 14.8 Å². The van der Waals surface area contributed by atoms with Crippen molar-refractivity contribution >= 4 is 11.7 Å². The van der Waals surface area contributed by atoms with Crippen LogP contribution in [0.25, 0.3) is 0 Å². The van der Waals surface area contributed by atoms with Crippen molar-refractivity contribution in [2.75, 3.05) is 44.7 Å². The molecule has 0 aromatic carbocycles. The first-order valence-electron chi connectivity index (χ1n) is 8.30. The Hall–Kier alpha value is -1.62. The molecule has 0 aliphatic carbocycles. The molecule has 1 aromatic heterocycles. The molecule has 5 nitrogen and oxygen atoms in total.